The van der Waals surface area contributed by atoms with Crippen molar-refractivity contribution in [2.45, 2.75) is 51.2 Å². The van der Waals surface area contributed by atoms with E-state index in [1.54, 1.807) is 6.20 Å². The highest BCUT2D eigenvalue weighted by Gasteiger charge is 2.40. The summed E-state index contributed by atoms with van der Waals surface area (Å²) in [6.45, 7) is 6.20. The second kappa shape index (κ2) is 5.76. The van der Waals surface area contributed by atoms with E-state index in [1.165, 1.54) is 0 Å². The summed E-state index contributed by atoms with van der Waals surface area (Å²) >= 11 is 0. The van der Waals surface area contributed by atoms with Gasteiger partial charge in [-0.15, -0.1) is 0 Å². The molecule has 5 heteroatoms. The summed E-state index contributed by atoms with van der Waals surface area (Å²) in [5, 5.41) is 19.4. The molecule has 1 saturated carbocycles. The predicted molar refractivity (Wildman–Crippen MR) is 77.1 cm³/mol. The monoisotopic (exact) mass is 279 g/mol. The van der Waals surface area contributed by atoms with Crippen LogP contribution in [0.5, 0.6) is 0 Å². The normalized spacial score (nSPS) is 30.7. The Kier molecular flexibility index (Phi) is 4.42. The van der Waals surface area contributed by atoms with Crippen LogP contribution >= 0.6 is 0 Å². The SMILES string of the molecule is CC(C)(C)c1nccc(CC2C(N)CC(O)C2CO)n1. The quantitative estimate of drug-likeness (QED) is 0.755. The summed E-state index contributed by atoms with van der Waals surface area (Å²) in [6.07, 6.45) is 2.49. The summed E-state index contributed by atoms with van der Waals surface area (Å²) < 4.78 is 0. The number of nitrogens with zero attached hydrogens (tertiary/aromatic N) is 2. The molecule has 1 aromatic heterocycles. The Morgan fingerprint density at radius 1 is 1.35 bits per heavy atom. The maximum atomic E-state index is 9.92. The number of nitrogens with two attached hydrogens (primary N) is 1. The predicted octanol–water partition coefficient (Wildman–Crippen LogP) is 0.633. The van der Waals surface area contributed by atoms with E-state index in [0.29, 0.717) is 12.8 Å². The van der Waals surface area contributed by atoms with Crippen molar-refractivity contribution >= 4 is 0 Å². The number of hydrogen-bond acceptors (Lipinski definition) is 5. The van der Waals surface area contributed by atoms with E-state index in [0.717, 1.165) is 11.5 Å². The Hall–Kier alpha value is -1.04. The van der Waals surface area contributed by atoms with Gasteiger partial charge in [-0.25, -0.2) is 9.97 Å². The van der Waals surface area contributed by atoms with Crippen LogP contribution in [0.25, 0.3) is 0 Å². The molecule has 4 N–H and O–H groups in total. The van der Waals surface area contributed by atoms with Gasteiger partial charge < -0.3 is 15.9 Å². The Labute approximate surface area is 120 Å². The van der Waals surface area contributed by atoms with Gasteiger partial charge in [0.15, 0.2) is 0 Å². The summed E-state index contributed by atoms with van der Waals surface area (Å²) in [4.78, 5) is 8.92. The highest BCUT2D eigenvalue weighted by atomic mass is 16.3. The van der Waals surface area contributed by atoms with E-state index in [-0.39, 0.29) is 29.9 Å². The van der Waals surface area contributed by atoms with Crippen molar-refractivity contribution in [1.29, 1.82) is 0 Å². The highest BCUT2D eigenvalue weighted by molar-refractivity contribution is 5.11. The van der Waals surface area contributed by atoms with Gasteiger partial charge in [0.25, 0.3) is 0 Å². The number of rotatable bonds is 3. The first-order valence-electron chi connectivity index (χ1n) is 7.20. The fourth-order valence-corrected chi connectivity index (χ4v) is 2.90. The van der Waals surface area contributed by atoms with Crippen molar-refractivity contribution in [3.63, 3.8) is 0 Å². The minimum atomic E-state index is -0.510. The lowest BCUT2D eigenvalue weighted by Gasteiger charge is -2.23. The zero-order chi connectivity index (χ0) is 14.9. The first kappa shape index (κ1) is 15.4. The molecule has 112 valence electrons. The molecule has 1 aliphatic rings. The van der Waals surface area contributed by atoms with Crippen LogP contribution in [0.15, 0.2) is 12.3 Å². The third kappa shape index (κ3) is 3.16. The Bertz CT molecular complexity index is 459. The van der Waals surface area contributed by atoms with Crippen molar-refractivity contribution in [3.8, 4) is 0 Å². The van der Waals surface area contributed by atoms with Gasteiger partial charge in [0.05, 0.1) is 6.10 Å². The van der Waals surface area contributed by atoms with Gasteiger partial charge in [0.2, 0.25) is 0 Å². The molecule has 0 aromatic carbocycles. The average Bonchev–Trinajstić information content (AvgIpc) is 2.63. The van der Waals surface area contributed by atoms with Gasteiger partial charge in [-0.3, -0.25) is 0 Å². The molecule has 5 nitrogen and oxygen atoms in total. The summed E-state index contributed by atoms with van der Waals surface area (Å²) in [5.74, 6) is 0.721. The molecule has 2 rings (SSSR count). The van der Waals surface area contributed by atoms with Crippen LogP contribution in [0, 0.1) is 11.8 Å². The maximum Gasteiger partial charge on any atom is 0.133 e. The lowest BCUT2D eigenvalue weighted by molar-refractivity contribution is 0.0717. The average molecular weight is 279 g/mol. The second-order valence-corrected chi connectivity index (χ2v) is 6.80. The van der Waals surface area contributed by atoms with Crippen molar-refractivity contribution in [1.82, 2.24) is 9.97 Å². The van der Waals surface area contributed by atoms with Crippen molar-refractivity contribution in [2.75, 3.05) is 6.61 Å². The van der Waals surface area contributed by atoms with Gasteiger partial charge >= 0.3 is 0 Å². The molecule has 1 fully saturated rings. The van der Waals surface area contributed by atoms with Crippen LogP contribution in [-0.4, -0.2) is 38.9 Å². The zero-order valence-electron chi connectivity index (χ0n) is 12.5. The van der Waals surface area contributed by atoms with E-state index in [1.807, 2.05) is 6.07 Å². The lowest BCUT2D eigenvalue weighted by Crippen LogP contribution is -2.32. The lowest BCUT2D eigenvalue weighted by atomic mass is 9.89. The molecular formula is C15H25N3O2. The van der Waals surface area contributed by atoms with Crippen molar-refractivity contribution in [2.24, 2.45) is 17.6 Å². The molecule has 1 aliphatic carbocycles. The molecule has 20 heavy (non-hydrogen) atoms. The largest absolute Gasteiger partial charge is 0.396 e. The molecule has 4 unspecified atom stereocenters. The van der Waals surface area contributed by atoms with E-state index in [2.05, 4.69) is 30.7 Å². The molecule has 0 saturated heterocycles. The molecular weight excluding hydrogens is 254 g/mol. The molecule has 0 aliphatic heterocycles. The Morgan fingerprint density at radius 3 is 2.65 bits per heavy atom. The third-order valence-corrected chi connectivity index (χ3v) is 4.15. The summed E-state index contributed by atoms with van der Waals surface area (Å²) in [6, 6.07) is 1.80. The fraction of sp³-hybridized carbons (Fsp3) is 0.733. The van der Waals surface area contributed by atoms with Crippen LogP contribution in [0.2, 0.25) is 0 Å². The second-order valence-electron chi connectivity index (χ2n) is 6.80. The number of hydrogen-bond donors (Lipinski definition) is 3. The minimum Gasteiger partial charge on any atom is -0.396 e. The first-order valence-corrected chi connectivity index (χ1v) is 7.20. The van der Waals surface area contributed by atoms with Gasteiger partial charge in [-0.2, -0.15) is 0 Å². The molecule has 0 spiro atoms. The van der Waals surface area contributed by atoms with E-state index < -0.39 is 6.10 Å². The van der Waals surface area contributed by atoms with Gasteiger partial charge in [0.1, 0.15) is 5.82 Å². The molecule has 0 bridgehead atoms. The maximum absolute atomic E-state index is 9.92. The zero-order valence-corrected chi connectivity index (χ0v) is 12.5. The molecule has 0 radical (unpaired) electrons. The molecule has 1 aromatic rings. The van der Waals surface area contributed by atoms with Gasteiger partial charge in [-0.05, 0) is 24.8 Å². The smallest absolute Gasteiger partial charge is 0.133 e. The Morgan fingerprint density at radius 2 is 2.05 bits per heavy atom. The van der Waals surface area contributed by atoms with E-state index in [4.69, 9.17) is 5.73 Å². The first-order chi connectivity index (χ1) is 9.32. The minimum absolute atomic E-state index is 0.0310. The van der Waals surface area contributed by atoms with Gasteiger partial charge in [0, 0.05) is 35.9 Å². The molecule has 4 atom stereocenters. The Balaban J connectivity index is 2.17. The van der Waals surface area contributed by atoms with Crippen LogP contribution in [0.3, 0.4) is 0 Å². The molecule has 0 amide bonds. The van der Waals surface area contributed by atoms with Crippen LogP contribution < -0.4 is 5.73 Å². The summed E-state index contributed by atoms with van der Waals surface area (Å²) in [5.41, 5.74) is 6.93. The summed E-state index contributed by atoms with van der Waals surface area (Å²) in [7, 11) is 0. The standard InChI is InChI=1S/C15H25N3O2/c1-15(2,3)14-17-5-4-9(18-14)6-10-11(8-19)13(20)7-12(10)16/h4-5,10-13,19-20H,6-8,16H2,1-3H3. The molecule has 1 heterocycles. The van der Waals surface area contributed by atoms with E-state index in [9.17, 15) is 10.2 Å². The number of aliphatic hydroxyl groups excluding tert-OH is 2. The fourth-order valence-electron chi connectivity index (χ4n) is 2.90. The topological polar surface area (TPSA) is 92.3 Å². The number of aliphatic hydroxyl groups is 2. The van der Waals surface area contributed by atoms with Crippen LogP contribution in [0.1, 0.15) is 38.7 Å². The van der Waals surface area contributed by atoms with Crippen molar-refractivity contribution in [3.05, 3.63) is 23.8 Å². The van der Waals surface area contributed by atoms with Crippen LogP contribution in [0.4, 0.5) is 0 Å². The van der Waals surface area contributed by atoms with Crippen LogP contribution in [-0.2, 0) is 11.8 Å². The van der Waals surface area contributed by atoms with Gasteiger partial charge in [-0.1, -0.05) is 20.8 Å². The van der Waals surface area contributed by atoms with Crippen molar-refractivity contribution < 1.29 is 10.2 Å². The van der Waals surface area contributed by atoms with E-state index >= 15 is 0 Å². The third-order valence-electron chi connectivity index (χ3n) is 4.15. The number of aromatic nitrogens is 2. The highest BCUT2D eigenvalue weighted by Crippen LogP contribution is 2.33.